The zero-order valence-corrected chi connectivity index (χ0v) is 17.4. The molecule has 1 aliphatic rings. The Kier molecular flexibility index (Phi) is 7.03. The van der Waals surface area contributed by atoms with E-state index in [-0.39, 0.29) is 29.1 Å². The molecule has 1 amide bonds. The third-order valence-corrected chi connectivity index (χ3v) is 6.91. The first-order valence-corrected chi connectivity index (χ1v) is 11.5. The number of hydrogen-bond donors (Lipinski definition) is 1. The molecule has 0 bridgehead atoms. The maximum Gasteiger partial charge on any atom is 0.240 e. The van der Waals surface area contributed by atoms with Crippen LogP contribution in [0.25, 0.3) is 0 Å². The Morgan fingerprint density at radius 3 is 2.28 bits per heavy atom. The van der Waals surface area contributed by atoms with E-state index in [0.717, 1.165) is 31.2 Å². The molecule has 1 saturated carbocycles. The number of sulfonamides is 1. The fourth-order valence-corrected chi connectivity index (χ4v) is 4.88. The van der Waals surface area contributed by atoms with Crippen molar-refractivity contribution in [3.05, 3.63) is 59.9 Å². The second-order valence-electron chi connectivity index (χ2n) is 7.53. The van der Waals surface area contributed by atoms with E-state index in [1.807, 2.05) is 0 Å². The summed E-state index contributed by atoms with van der Waals surface area (Å²) in [5.74, 6) is -0.435. The van der Waals surface area contributed by atoms with Crippen LogP contribution in [0, 0.1) is 5.82 Å². The van der Waals surface area contributed by atoms with E-state index in [1.165, 1.54) is 23.5 Å². The highest BCUT2D eigenvalue weighted by Gasteiger charge is 2.21. The number of rotatable bonds is 7. The van der Waals surface area contributed by atoms with Crippen LogP contribution in [0.15, 0.2) is 53.4 Å². The maximum absolute atomic E-state index is 13.0. The van der Waals surface area contributed by atoms with Crippen LogP contribution < -0.4 is 9.62 Å². The van der Waals surface area contributed by atoms with E-state index in [1.54, 1.807) is 43.4 Å². The fourth-order valence-electron chi connectivity index (χ4n) is 3.57. The van der Waals surface area contributed by atoms with Gasteiger partial charge in [0.15, 0.2) is 0 Å². The Bertz CT molecular complexity index is 922. The van der Waals surface area contributed by atoms with Crippen molar-refractivity contribution >= 4 is 21.6 Å². The quantitative estimate of drug-likeness (QED) is 0.738. The Morgan fingerprint density at radius 1 is 1.03 bits per heavy atom. The van der Waals surface area contributed by atoms with Gasteiger partial charge >= 0.3 is 0 Å². The second-order valence-corrected chi connectivity index (χ2v) is 9.24. The molecule has 0 unspecified atom stereocenters. The first-order valence-electron chi connectivity index (χ1n) is 9.98. The van der Waals surface area contributed by atoms with Crippen molar-refractivity contribution < 1.29 is 17.6 Å². The summed E-state index contributed by atoms with van der Waals surface area (Å²) in [5.41, 5.74) is 1.52. The first kappa shape index (κ1) is 21.5. The largest absolute Gasteiger partial charge is 0.315 e. The number of carbonyl (C=O) groups is 1. The number of hydrogen-bond acceptors (Lipinski definition) is 3. The van der Waals surface area contributed by atoms with Gasteiger partial charge in [0, 0.05) is 25.2 Å². The zero-order valence-electron chi connectivity index (χ0n) is 16.6. The van der Waals surface area contributed by atoms with Crippen LogP contribution in [0.1, 0.15) is 44.1 Å². The molecule has 5 nitrogen and oxygen atoms in total. The Labute approximate surface area is 172 Å². The van der Waals surface area contributed by atoms with E-state index < -0.39 is 10.0 Å². The van der Waals surface area contributed by atoms with E-state index >= 15 is 0 Å². The Hall–Kier alpha value is -2.25. The standard InChI is InChI=1S/C22H27FN2O3S/c1-25(20-12-10-18(23)11-13-20)22(26)16-9-17-7-14-21(15-8-17)29(27,28)24-19-5-3-2-4-6-19/h7-8,10-15,19,24H,2-6,9,16H2,1H3. The van der Waals surface area contributed by atoms with Crippen molar-refractivity contribution in [2.45, 2.75) is 55.9 Å². The minimum absolute atomic E-state index is 0.0213. The lowest BCUT2D eigenvalue weighted by atomic mass is 9.96. The molecule has 1 fully saturated rings. The number of amides is 1. The smallest absolute Gasteiger partial charge is 0.240 e. The average Bonchev–Trinajstić information content (AvgIpc) is 2.73. The highest BCUT2D eigenvalue weighted by molar-refractivity contribution is 7.89. The van der Waals surface area contributed by atoms with Crippen LogP contribution in [0.5, 0.6) is 0 Å². The predicted molar refractivity (Wildman–Crippen MR) is 112 cm³/mol. The molecule has 156 valence electrons. The van der Waals surface area contributed by atoms with Crippen molar-refractivity contribution in [1.29, 1.82) is 0 Å². The lowest BCUT2D eigenvalue weighted by Crippen LogP contribution is -2.36. The molecule has 0 radical (unpaired) electrons. The van der Waals surface area contributed by atoms with E-state index in [2.05, 4.69) is 4.72 Å². The van der Waals surface area contributed by atoms with Crippen molar-refractivity contribution in [1.82, 2.24) is 4.72 Å². The molecule has 0 saturated heterocycles. The van der Waals surface area contributed by atoms with Crippen LogP contribution in [-0.4, -0.2) is 27.4 Å². The van der Waals surface area contributed by atoms with Gasteiger partial charge in [0.1, 0.15) is 5.82 Å². The first-order chi connectivity index (χ1) is 13.8. The molecule has 1 aliphatic carbocycles. The van der Waals surface area contributed by atoms with Gasteiger partial charge in [-0.2, -0.15) is 0 Å². The second kappa shape index (κ2) is 9.50. The molecule has 0 aliphatic heterocycles. The third kappa shape index (κ3) is 5.87. The topological polar surface area (TPSA) is 66.5 Å². The molecule has 29 heavy (non-hydrogen) atoms. The lowest BCUT2D eigenvalue weighted by Gasteiger charge is -2.22. The molecule has 0 aromatic heterocycles. The summed E-state index contributed by atoms with van der Waals surface area (Å²) in [6, 6.07) is 12.5. The van der Waals surface area contributed by atoms with Crippen molar-refractivity contribution in [2.75, 3.05) is 11.9 Å². The zero-order chi connectivity index (χ0) is 20.9. The molecule has 0 atom stereocenters. The lowest BCUT2D eigenvalue weighted by molar-refractivity contribution is -0.118. The number of anilines is 1. The maximum atomic E-state index is 13.0. The number of nitrogens with zero attached hydrogens (tertiary/aromatic N) is 1. The van der Waals surface area contributed by atoms with Crippen molar-refractivity contribution in [3.8, 4) is 0 Å². The molecule has 1 N–H and O–H groups in total. The molecular weight excluding hydrogens is 391 g/mol. The van der Waals surface area contributed by atoms with Crippen molar-refractivity contribution in [3.63, 3.8) is 0 Å². The molecule has 2 aromatic carbocycles. The van der Waals surface area contributed by atoms with Crippen LogP contribution in [0.3, 0.4) is 0 Å². The summed E-state index contributed by atoms with van der Waals surface area (Å²) in [6.45, 7) is 0. The van der Waals surface area contributed by atoms with Gasteiger partial charge < -0.3 is 4.90 Å². The normalized spacial score (nSPS) is 15.2. The minimum atomic E-state index is -3.52. The van der Waals surface area contributed by atoms with Crippen LogP contribution >= 0.6 is 0 Å². The summed E-state index contributed by atoms with van der Waals surface area (Å²) in [7, 11) is -1.86. The molecule has 0 spiro atoms. The fraction of sp³-hybridized carbons (Fsp3) is 0.409. The average molecular weight is 419 g/mol. The Balaban J connectivity index is 1.55. The highest BCUT2D eigenvalue weighted by atomic mass is 32.2. The van der Waals surface area contributed by atoms with Crippen molar-refractivity contribution in [2.24, 2.45) is 0 Å². The minimum Gasteiger partial charge on any atom is -0.315 e. The monoisotopic (exact) mass is 418 g/mol. The van der Waals surface area contributed by atoms with Crippen LogP contribution in [0.2, 0.25) is 0 Å². The molecular formula is C22H27FN2O3S. The van der Waals surface area contributed by atoms with Gasteiger partial charge in [-0.25, -0.2) is 17.5 Å². The van der Waals surface area contributed by atoms with Crippen LogP contribution in [-0.2, 0) is 21.2 Å². The number of nitrogens with one attached hydrogen (secondary N) is 1. The van der Waals surface area contributed by atoms with E-state index in [9.17, 15) is 17.6 Å². The van der Waals surface area contributed by atoms with Gasteiger partial charge in [0.25, 0.3) is 0 Å². The predicted octanol–water partition coefficient (Wildman–Crippen LogP) is 4.03. The number of halogens is 1. The number of benzene rings is 2. The van der Waals surface area contributed by atoms with Crippen LogP contribution in [0.4, 0.5) is 10.1 Å². The SMILES string of the molecule is CN(C(=O)CCc1ccc(S(=O)(=O)NC2CCCCC2)cc1)c1ccc(F)cc1. The summed E-state index contributed by atoms with van der Waals surface area (Å²) in [4.78, 5) is 14.1. The summed E-state index contributed by atoms with van der Waals surface area (Å²) in [6.07, 6.45) is 5.85. The van der Waals surface area contributed by atoms with Gasteiger partial charge in [0.05, 0.1) is 4.90 Å². The van der Waals surface area contributed by atoms with Gasteiger partial charge in [-0.3, -0.25) is 4.79 Å². The Morgan fingerprint density at radius 2 is 1.66 bits per heavy atom. The van der Waals surface area contributed by atoms with Gasteiger partial charge in [-0.1, -0.05) is 31.4 Å². The van der Waals surface area contributed by atoms with E-state index in [0.29, 0.717) is 12.1 Å². The highest BCUT2D eigenvalue weighted by Crippen LogP contribution is 2.21. The molecule has 7 heteroatoms. The summed E-state index contributed by atoms with van der Waals surface area (Å²) >= 11 is 0. The number of carbonyl (C=O) groups excluding carboxylic acids is 1. The van der Waals surface area contributed by atoms with Gasteiger partial charge in [-0.05, 0) is 61.2 Å². The van der Waals surface area contributed by atoms with Gasteiger partial charge in [-0.15, -0.1) is 0 Å². The molecule has 3 rings (SSSR count). The van der Waals surface area contributed by atoms with Gasteiger partial charge in [0.2, 0.25) is 15.9 Å². The summed E-state index contributed by atoms with van der Waals surface area (Å²) < 4.78 is 40.9. The molecule has 0 heterocycles. The molecule has 2 aromatic rings. The number of aryl methyl sites for hydroxylation is 1. The van der Waals surface area contributed by atoms with E-state index in [4.69, 9.17) is 0 Å². The third-order valence-electron chi connectivity index (χ3n) is 5.38. The summed E-state index contributed by atoms with van der Waals surface area (Å²) in [5, 5.41) is 0.